The van der Waals surface area contributed by atoms with Crippen molar-refractivity contribution in [1.82, 2.24) is 9.21 Å². The molecule has 3 aliphatic rings. The quantitative estimate of drug-likeness (QED) is 0.763. The van der Waals surface area contributed by atoms with Crippen molar-refractivity contribution in [3.63, 3.8) is 0 Å². The zero-order valence-corrected chi connectivity index (χ0v) is 14.4. The first-order valence-electron chi connectivity index (χ1n) is 8.52. The van der Waals surface area contributed by atoms with Crippen molar-refractivity contribution < 1.29 is 22.4 Å². The molecule has 6 nitrogen and oxygen atoms in total. The van der Waals surface area contributed by atoms with Gasteiger partial charge in [-0.15, -0.1) is 0 Å². The van der Waals surface area contributed by atoms with E-state index in [1.54, 1.807) is 0 Å². The summed E-state index contributed by atoms with van der Waals surface area (Å²) in [6.45, 7) is 0. The Morgan fingerprint density at radius 3 is 1.92 bits per heavy atom. The fourth-order valence-electron chi connectivity index (χ4n) is 4.44. The maximum atomic E-state index is 13.1. The second-order valence-electron chi connectivity index (χ2n) is 6.96. The van der Waals surface area contributed by atoms with Crippen molar-refractivity contribution in [2.24, 2.45) is 0 Å². The molecule has 2 unspecified atom stereocenters. The fraction of sp³-hybridized carbons (Fsp3) is 0.529. The minimum absolute atomic E-state index is 0.0811. The van der Waals surface area contributed by atoms with Gasteiger partial charge in [0.05, 0.1) is 4.90 Å². The standard InChI is InChI=1S/C17H19FN2O4S/c18-11-1-5-15(6-2-11)25(23,24)20-12-3-4-13(20)10-14(9-12)19-16(21)7-8-17(19)22/h1-2,5-6,12-14H,3-4,7-10H2. The summed E-state index contributed by atoms with van der Waals surface area (Å²) in [5.41, 5.74) is 0. The van der Waals surface area contributed by atoms with Crippen LogP contribution in [0.1, 0.15) is 38.5 Å². The second kappa shape index (κ2) is 5.88. The number of hydrogen-bond donors (Lipinski definition) is 0. The lowest BCUT2D eigenvalue weighted by Crippen LogP contribution is -2.53. The van der Waals surface area contributed by atoms with E-state index in [2.05, 4.69) is 0 Å². The molecule has 0 radical (unpaired) electrons. The molecule has 3 aliphatic heterocycles. The van der Waals surface area contributed by atoms with Crippen LogP contribution in [0.2, 0.25) is 0 Å². The number of piperidine rings is 1. The van der Waals surface area contributed by atoms with Crippen LogP contribution in [0.3, 0.4) is 0 Å². The molecule has 3 saturated heterocycles. The van der Waals surface area contributed by atoms with Gasteiger partial charge in [0.1, 0.15) is 5.82 Å². The van der Waals surface area contributed by atoms with Crippen LogP contribution < -0.4 is 0 Å². The summed E-state index contributed by atoms with van der Waals surface area (Å²) in [7, 11) is -3.71. The largest absolute Gasteiger partial charge is 0.279 e. The molecule has 0 aliphatic carbocycles. The van der Waals surface area contributed by atoms with E-state index in [-0.39, 0.29) is 47.7 Å². The van der Waals surface area contributed by atoms with Gasteiger partial charge in [0.25, 0.3) is 0 Å². The molecule has 2 amide bonds. The monoisotopic (exact) mass is 366 g/mol. The number of likely N-dealkylation sites (tertiary alicyclic amines) is 1. The van der Waals surface area contributed by atoms with Crippen molar-refractivity contribution in [2.75, 3.05) is 0 Å². The molecule has 2 bridgehead atoms. The number of sulfonamides is 1. The van der Waals surface area contributed by atoms with Gasteiger partial charge in [-0.25, -0.2) is 12.8 Å². The molecule has 3 fully saturated rings. The highest BCUT2D eigenvalue weighted by atomic mass is 32.2. The molecule has 3 heterocycles. The van der Waals surface area contributed by atoms with Crippen LogP contribution in [0.15, 0.2) is 29.2 Å². The van der Waals surface area contributed by atoms with E-state index in [4.69, 9.17) is 0 Å². The highest BCUT2D eigenvalue weighted by molar-refractivity contribution is 7.89. The molecule has 2 atom stereocenters. The number of nitrogens with zero attached hydrogens (tertiary/aromatic N) is 2. The molecule has 0 saturated carbocycles. The predicted molar refractivity (Wildman–Crippen MR) is 86.3 cm³/mol. The van der Waals surface area contributed by atoms with Gasteiger partial charge in [-0.2, -0.15) is 4.31 Å². The highest BCUT2D eigenvalue weighted by Crippen LogP contribution is 2.42. The fourth-order valence-corrected chi connectivity index (χ4v) is 6.33. The smallest absolute Gasteiger partial charge is 0.243 e. The van der Waals surface area contributed by atoms with E-state index >= 15 is 0 Å². The number of imide groups is 1. The first-order valence-corrected chi connectivity index (χ1v) is 9.96. The van der Waals surface area contributed by atoms with Gasteiger partial charge < -0.3 is 0 Å². The molecule has 1 aromatic rings. The van der Waals surface area contributed by atoms with Crippen molar-refractivity contribution in [3.8, 4) is 0 Å². The van der Waals surface area contributed by atoms with Crippen molar-refractivity contribution >= 4 is 21.8 Å². The third kappa shape index (κ3) is 2.67. The second-order valence-corrected chi connectivity index (χ2v) is 8.80. The van der Waals surface area contributed by atoms with Crippen LogP contribution in [-0.2, 0) is 19.6 Å². The number of halogens is 1. The summed E-state index contributed by atoms with van der Waals surface area (Å²) < 4.78 is 40.6. The first kappa shape index (κ1) is 16.7. The third-order valence-corrected chi connectivity index (χ3v) is 7.50. The Kier molecular flexibility index (Phi) is 3.92. The minimum Gasteiger partial charge on any atom is -0.279 e. The minimum atomic E-state index is -3.71. The van der Waals surface area contributed by atoms with Crippen LogP contribution in [0.25, 0.3) is 0 Å². The molecule has 4 rings (SSSR count). The Morgan fingerprint density at radius 2 is 1.40 bits per heavy atom. The van der Waals surface area contributed by atoms with Gasteiger partial charge in [-0.1, -0.05) is 0 Å². The summed E-state index contributed by atoms with van der Waals surface area (Å²) >= 11 is 0. The lowest BCUT2D eigenvalue weighted by atomic mass is 9.98. The van der Waals surface area contributed by atoms with Crippen LogP contribution in [0.5, 0.6) is 0 Å². The number of fused-ring (bicyclic) bond motifs is 2. The molecule has 134 valence electrons. The lowest BCUT2D eigenvalue weighted by molar-refractivity contribution is -0.142. The van der Waals surface area contributed by atoms with E-state index < -0.39 is 15.8 Å². The lowest BCUT2D eigenvalue weighted by Gasteiger charge is -2.40. The van der Waals surface area contributed by atoms with Crippen molar-refractivity contribution in [3.05, 3.63) is 30.1 Å². The summed E-state index contributed by atoms with van der Waals surface area (Å²) in [5.74, 6) is -0.778. The Hall–Kier alpha value is -1.80. The van der Waals surface area contributed by atoms with E-state index in [1.807, 2.05) is 0 Å². The topological polar surface area (TPSA) is 74.8 Å². The number of amides is 2. The van der Waals surface area contributed by atoms with Crippen LogP contribution in [0.4, 0.5) is 4.39 Å². The van der Waals surface area contributed by atoms with Crippen molar-refractivity contribution in [2.45, 2.75) is 61.5 Å². The highest BCUT2D eigenvalue weighted by Gasteiger charge is 2.50. The van der Waals surface area contributed by atoms with Crippen LogP contribution in [0, 0.1) is 5.82 Å². The summed E-state index contributed by atoms with van der Waals surface area (Å²) in [4.78, 5) is 25.4. The van der Waals surface area contributed by atoms with E-state index in [0.717, 1.165) is 25.0 Å². The maximum Gasteiger partial charge on any atom is 0.243 e. The van der Waals surface area contributed by atoms with Gasteiger partial charge in [0, 0.05) is 31.0 Å². The number of benzene rings is 1. The number of carbonyl (C=O) groups excluding carboxylic acids is 2. The molecule has 8 heteroatoms. The Bertz CT molecular complexity index is 794. The molecular formula is C17H19FN2O4S. The first-order chi connectivity index (χ1) is 11.9. The summed E-state index contributed by atoms with van der Waals surface area (Å²) in [5, 5.41) is 0. The zero-order valence-electron chi connectivity index (χ0n) is 13.6. The summed E-state index contributed by atoms with van der Waals surface area (Å²) in [6.07, 6.45) is 2.91. The summed E-state index contributed by atoms with van der Waals surface area (Å²) in [6, 6.07) is 4.19. The third-order valence-electron chi connectivity index (χ3n) is 5.49. The predicted octanol–water partition coefficient (Wildman–Crippen LogP) is 1.66. The number of rotatable bonds is 3. The van der Waals surface area contributed by atoms with E-state index in [9.17, 15) is 22.4 Å². The van der Waals surface area contributed by atoms with Gasteiger partial charge in [0.15, 0.2) is 0 Å². The molecule has 1 aromatic carbocycles. The molecule has 0 aromatic heterocycles. The SMILES string of the molecule is O=C1CCC(=O)N1C1CC2CCC(C1)N2S(=O)(=O)c1ccc(F)cc1. The van der Waals surface area contributed by atoms with Crippen molar-refractivity contribution in [1.29, 1.82) is 0 Å². The Balaban J connectivity index is 1.59. The molecule has 25 heavy (non-hydrogen) atoms. The average molecular weight is 366 g/mol. The van der Waals surface area contributed by atoms with Gasteiger partial charge in [0.2, 0.25) is 21.8 Å². The van der Waals surface area contributed by atoms with Crippen LogP contribution >= 0.6 is 0 Å². The Labute approximate surface area is 145 Å². The zero-order chi connectivity index (χ0) is 17.8. The Morgan fingerprint density at radius 1 is 0.880 bits per heavy atom. The number of hydrogen-bond acceptors (Lipinski definition) is 4. The number of carbonyl (C=O) groups is 2. The van der Waals surface area contributed by atoms with Gasteiger partial charge >= 0.3 is 0 Å². The maximum absolute atomic E-state index is 13.1. The van der Waals surface area contributed by atoms with E-state index in [1.165, 1.54) is 21.3 Å². The van der Waals surface area contributed by atoms with Gasteiger partial charge in [-0.3, -0.25) is 14.5 Å². The van der Waals surface area contributed by atoms with Crippen LogP contribution in [-0.4, -0.2) is 47.6 Å². The van der Waals surface area contributed by atoms with E-state index in [0.29, 0.717) is 12.8 Å². The normalized spacial score (nSPS) is 30.3. The molecule has 0 spiro atoms. The molecule has 0 N–H and O–H groups in total. The van der Waals surface area contributed by atoms with Gasteiger partial charge in [-0.05, 0) is 49.9 Å². The molecular weight excluding hydrogens is 347 g/mol. The average Bonchev–Trinajstić information content (AvgIpc) is 3.05.